The molecule has 1 fully saturated rings. The third kappa shape index (κ3) is 4.10. The highest BCUT2D eigenvalue weighted by molar-refractivity contribution is 5.28. The first-order valence-electron chi connectivity index (χ1n) is 8.46. The van der Waals surface area contributed by atoms with Crippen LogP contribution in [0.2, 0.25) is 0 Å². The van der Waals surface area contributed by atoms with Gasteiger partial charge in [0.15, 0.2) is 5.82 Å². The Labute approximate surface area is 137 Å². The first-order chi connectivity index (χ1) is 11.3. The van der Waals surface area contributed by atoms with Crippen molar-refractivity contribution in [2.75, 3.05) is 26.7 Å². The van der Waals surface area contributed by atoms with Crippen LogP contribution in [0.4, 0.5) is 0 Å². The SMILES string of the molecule is CCCN1CCCC(c2nc(Cc3ccc(OC)cc3)no2)C1. The molecule has 124 valence electrons. The van der Waals surface area contributed by atoms with Crippen molar-refractivity contribution in [1.29, 1.82) is 0 Å². The number of likely N-dealkylation sites (tertiary alicyclic amines) is 1. The molecule has 23 heavy (non-hydrogen) atoms. The van der Waals surface area contributed by atoms with Gasteiger partial charge < -0.3 is 14.2 Å². The van der Waals surface area contributed by atoms with Crippen molar-refractivity contribution in [3.05, 3.63) is 41.5 Å². The fourth-order valence-corrected chi connectivity index (χ4v) is 3.21. The van der Waals surface area contributed by atoms with E-state index in [2.05, 4.69) is 22.0 Å². The van der Waals surface area contributed by atoms with Gasteiger partial charge in [-0.25, -0.2) is 0 Å². The Morgan fingerprint density at radius 1 is 1.30 bits per heavy atom. The fourth-order valence-electron chi connectivity index (χ4n) is 3.21. The van der Waals surface area contributed by atoms with E-state index in [0.717, 1.165) is 42.5 Å². The van der Waals surface area contributed by atoms with Crippen LogP contribution in [0.25, 0.3) is 0 Å². The summed E-state index contributed by atoms with van der Waals surface area (Å²) < 4.78 is 10.7. The lowest BCUT2D eigenvalue weighted by atomic mass is 9.98. The average Bonchev–Trinajstić information content (AvgIpc) is 3.05. The van der Waals surface area contributed by atoms with E-state index in [9.17, 15) is 0 Å². The molecule has 1 aliphatic heterocycles. The number of nitrogens with zero attached hydrogens (tertiary/aromatic N) is 3. The lowest BCUT2D eigenvalue weighted by Gasteiger charge is -2.30. The van der Waals surface area contributed by atoms with Gasteiger partial charge in [-0.05, 0) is 50.0 Å². The van der Waals surface area contributed by atoms with E-state index in [1.165, 1.54) is 19.4 Å². The monoisotopic (exact) mass is 315 g/mol. The summed E-state index contributed by atoms with van der Waals surface area (Å²) in [7, 11) is 1.67. The number of piperidine rings is 1. The summed E-state index contributed by atoms with van der Waals surface area (Å²) in [6.45, 7) is 5.61. The molecule has 1 aromatic heterocycles. The Morgan fingerprint density at radius 3 is 2.87 bits per heavy atom. The van der Waals surface area contributed by atoms with Gasteiger partial charge in [-0.3, -0.25) is 0 Å². The van der Waals surface area contributed by atoms with E-state index < -0.39 is 0 Å². The van der Waals surface area contributed by atoms with Crippen LogP contribution in [0, 0.1) is 0 Å². The van der Waals surface area contributed by atoms with Gasteiger partial charge in [0, 0.05) is 13.0 Å². The van der Waals surface area contributed by atoms with Crippen LogP contribution in [-0.4, -0.2) is 41.8 Å². The molecule has 1 aliphatic rings. The molecule has 0 spiro atoms. The minimum absolute atomic E-state index is 0.382. The Morgan fingerprint density at radius 2 is 2.13 bits per heavy atom. The average molecular weight is 315 g/mol. The van der Waals surface area contributed by atoms with Gasteiger partial charge in [-0.1, -0.05) is 24.2 Å². The van der Waals surface area contributed by atoms with Crippen LogP contribution in [0.3, 0.4) is 0 Å². The van der Waals surface area contributed by atoms with Gasteiger partial charge in [0.05, 0.1) is 13.0 Å². The molecule has 0 radical (unpaired) electrons. The maximum Gasteiger partial charge on any atom is 0.231 e. The van der Waals surface area contributed by atoms with E-state index in [-0.39, 0.29) is 0 Å². The molecule has 5 nitrogen and oxygen atoms in total. The molecule has 1 saturated heterocycles. The number of hydrogen-bond acceptors (Lipinski definition) is 5. The molecule has 0 N–H and O–H groups in total. The van der Waals surface area contributed by atoms with Crippen LogP contribution in [0.1, 0.15) is 49.4 Å². The highest BCUT2D eigenvalue weighted by Crippen LogP contribution is 2.26. The largest absolute Gasteiger partial charge is 0.497 e. The van der Waals surface area contributed by atoms with Crippen LogP contribution in [0.15, 0.2) is 28.8 Å². The smallest absolute Gasteiger partial charge is 0.231 e. The van der Waals surface area contributed by atoms with Gasteiger partial charge in [0.25, 0.3) is 0 Å². The maximum atomic E-state index is 5.54. The zero-order valence-electron chi connectivity index (χ0n) is 14.0. The summed E-state index contributed by atoms with van der Waals surface area (Å²) in [6.07, 6.45) is 4.24. The highest BCUT2D eigenvalue weighted by atomic mass is 16.5. The number of rotatable bonds is 6. The van der Waals surface area contributed by atoms with Crippen molar-refractivity contribution >= 4 is 0 Å². The van der Waals surface area contributed by atoms with Crippen molar-refractivity contribution < 1.29 is 9.26 Å². The number of ether oxygens (including phenoxy) is 1. The van der Waals surface area contributed by atoms with Crippen molar-refractivity contribution in [1.82, 2.24) is 15.0 Å². The van der Waals surface area contributed by atoms with E-state index >= 15 is 0 Å². The molecule has 2 aromatic rings. The molecule has 1 unspecified atom stereocenters. The van der Waals surface area contributed by atoms with Crippen molar-refractivity contribution in [3.63, 3.8) is 0 Å². The zero-order valence-corrected chi connectivity index (χ0v) is 14.0. The maximum absolute atomic E-state index is 5.54. The van der Waals surface area contributed by atoms with Crippen LogP contribution < -0.4 is 4.74 Å². The lowest BCUT2D eigenvalue weighted by molar-refractivity contribution is 0.187. The first-order valence-corrected chi connectivity index (χ1v) is 8.46. The molecule has 1 aromatic carbocycles. The molecule has 3 rings (SSSR count). The summed E-state index contributed by atoms with van der Waals surface area (Å²) in [5.74, 6) is 2.81. The second-order valence-corrected chi connectivity index (χ2v) is 6.21. The standard InChI is InChI=1S/C18H25N3O2/c1-3-10-21-11-4-5-15(13-21)18-19-17(20-23-18)12-14-6-8-16(22-2)9-7-14/h6-9,15H,3-5,10-13H2,1-2H3. The highest BCUT2D eigenvalue weighted by Gasteiger charge is 2.25. The lowest BCUT2D eigenvalue weighted by Crippen LogP contribution is -2.34. The number of aromatic nitrogens is 2. The second-order valence-electron chi connectivity index (χ2n) is 6.21. The molecule has 1 atom stereocenters. The van der Waals surface area contributed by atoms with Crippen molar-refractivity contribution in [2.24, 2.45) is 0 Å². The van der Waals surface area contributed by atoms with Gasteiger partial charge in [-0.15, -0.1) is 0 Å². The molecule has 0 bridgehead atoms. The Balaban J connectivity index is 1.62. The summed E-state index contributed by atoms with van der Waals surface area (Å²) in [5, 5.41) is 4.16. The molecule has 2 heterocycles. The summed E-state index contributed by atoms with van der Waals surface area (Å²) in [6, 6.07) is 8.00. The molecular formula is C18H25N3O2. The van der Waals surface area contributed by atoms with E-state index in [0.29, 0.717) is 12.3 Å². The predicted molar refractivity (Wildman–Crippen MR) is 88.8 cm³/mol. The molecule has 0 aliphatic carbocycles. The fraction of sp³-hybridized carbons (Fsp3) is 0.556. The van der Waals surface area contributed by atoms with Gasteiger partial charge in [0.2, 0.25) is 5.89 Å². The summed E-state index contributed by atoms with van der Waals surface area (Å²) in [4.78, 5) is 7.13. The predicted octanol–water partition coefficient (Wildman–Crippen LogP) is 3.26. The van der Waals surface area contributed by atoms with Gasteiger partial charge in [0.1, 0.15) is 5.75 Å². The Hall–Kier alpha value is -1.88. The third-order valence-electron chi connectivity index (χ3n) is 4.40. The van der Waals surface area contributed by atoms with E-state index in [1.54, 1.807) is 7.11 Å². The minimum Gasteiger partial charge on any atom is -0.497 e. The molecule has 0 saturated carbocycles. The second kappa shape index (κ2) is 7.59. The number of benzene rings is 1. The van der Waals surface area contributed by atoms with Crippen LogP contribution in [-0.2, 0) is 6.42 Å². The quantitative estimate of drug-likeness (QED) is 0.819. The molecule has 5 heteroatoms. The summed E-state index contributed by atoms with van der Waals surface area (Å²) >= 11 is 0. The minimum atomic E-state index is 0.382. The topological polar surface area (TPSA) is 51.4 Å². The van der Waals surface area contributed by atoms with Crippen LogP contribution in [0.5, 0.6) is 5.75 Å². The van der Waals surface area contributed by atoms with E-state index in [4.69, 9.17) is 9.26 Å². The third-order valence-corrected chi connectivity index (χ3v) is 4.40. The number of methoxy groups -OCH3 is 1. The first kappa shape index (κ1) is 16.0. The molecular weight excluding hydrogens is 290 g/mol. The van der Waals surface area contributed by atoms with Crippen LogP contribution >= 0.6 is 0 Å². The van der Waals surface area contributed by atoms with E-state index in [1.807, 2.05) is 24.3 Å². The van der Waals surface area contributed by atoms with Crippen molar-refractivity contribution in [3.8, 4) is 5.75 Å². The normalized spacial score (nSPS) is 19.0. The van der Waals surface area contributed by atoms with Gasteiger partial charge >= 0.3 is 0 Å². The van der Waals surface area contributed by atoms with Gasteiger partial charge in [-0.2, -0.15) is 4.98 Å². The number of hydrogen-bond donors (Lipinski definition) is 0. The Kier molecular flexibility index (Phi) is 5.28. The molecule has 0 amide bonds. The summed E-state index contributed by atoms with van der Waals surface area (Å²) in [5.41, 5.74) is 1.16. The Bertz CT molecular complexity index is 607. The zero-order chi connectivity index (χ0) is 16.1. The van der Waals surface area contributed by atoms with Crippen molar-refractivity contribution in [2.45, 2.75) is 38.5 Å².